The van der Waals surface area contributed by atoms with E-state index in [1.54, 1.807) is 4.57 Å². The molecule has 4 nitrogen and oxygen atoms in total. The molecule has 1 aromatic carbocycles. The van der Waals surface area contributed by atoms with Crippen LogP contribution in [0.3, 0.4) is 0 Å². The SMILES string of the molecule is N#CCCSc1nc2ccsc2c(=O)n1-c1ccccc1. The molecule has 0 unspecified atom stereocenters. The summed E-state index contributed by atoms with van der Waals surface area (Å²) in [6, 6.07) is 13.4. The first-order valence-electron chi connectivity index (χ1n) is 6.36. The summed E-state index contributed by atoms with van der Waals surface area (Å²) in [5.41, 5.74) is 1.46. The third kappa shape index (κ3) is 2.71. The predicted octanol–water partition coefficient (Wildman–Crippen LogP) is 3.45. The van der Waals surface area contributed by atoms with Gasteiger partial charge in [0.05, 0.1) is 17.3 Å². The third-order valence-corrected chi connectivity index (χ3v) is 4.74. The van der Waals surface area contributed by atoms with E-state index >= 15 is 0 Å². The highest BCUT2D eigenvalue weighted by Crippen LogP contribution is 2.23. The lowest BCUT2D eigenvalue weighted by Crippen LogP contribution is -2.20. The molecule has 2 heterocycles. The van der Waals surface area contributed by atoms with Crippen LogP contribution >= 0.6 is 23.1 Å². The Morgan fingerprint density at radius 3 is 2.86 bits per heavy atom. The number of rotatable bonds is 4. The Morgan fingerprint density at radius 2 is 2.10 bits per heavy atom. The second-order valence-electron chi connectivity index (χ2n) is 4.26. The summed E-state index contributed by atoms with van der Waals surface area (Å²) in [6.07, 6.45) is 0.428. The number of benzene rings is 1. The molecular formula is C15H11N3OS2. The van der Waals surface area contributed by atoms with Crippen molar-refractivity contribution >= 4 is 33.3 Å². The molecule has 0 aliphatic rings. The van der Waals surface area contributed by atoms with Crippen LogP contribution in [0.25, 0.3) is 15.9 Å². The molecule has 3 aromatic rings. The van der Waals surface area contributed by atoms with Crippen LogP contribution in [0.15, 0.2) is 51.7 Å². The minimum Gasteiger partial charge on any atom is -0.267 e. The zero-order valence-corrected chi connectivity index (χ0v) is 12.7. The molecular weight excluding hydrogens is 302 g/mol. The number of nitriles is 1. The van der Waals surface area contributed by atoms with Crippen molar-refractivity contribution in [2.24, 2.45) is 0 Å². The molecule has 0 radical (unpaired) electrons. The van der Waals surface area contributed by atoms with Gasteiger partial charge in [-0.2, -0.15) is 5.26 Å². The first-order chi connectivity index (χ1) is 10.3. The summed E-state index contributed by atoms with van der Waals surface area (Å²) >= 11 is 2.84. The van der Waals surface area contributed by atoms with Crippen molar-refractivity contribution < 1.29 is 0 Å². The summed E-state index contributed by atoms with van der Waals surface area (Å²) in [6.45, 7) is 0. The maximum atomic E-state index is 12.7. The minimum atomic E-state index is -0.0549. The van der Waals surface area contributed by atoms with Crippen LogP contribution in [-0.4, -0.2) is 15.3 Å². The van der Waals surface area contributed by atoms with E-state index in [9.17, 15) is 4.79 Å². The lowest BCUT2D eigenvalue weighted by molar-refractivity contribution is 0.822. The molecule has 0 fully saturated rings. The number of fused-ring (bicyclic) bond motifs is 1. The molecule has 0 bridgehead atoms. The zero-order valence-electron chi connectivity index (χ0n) is 11.0. The van der Waals surface area contributed by atoms with Crippen LogP contribution in [0.4, 0.5) is 0 Å². The van der Waals surface area contributed by atoms with Crippen molar-refractivity contribution in [3.63, 3.8) is 0 Å². The Kier molecular flexibility index (Phi) is 4.04. The van der Waals surface area contributed by atoms with Crippen molar-refractivity contribution in [3.05, 3.63) is 52.1 Å². The smallest absolute Gasteiger partial charge is 0.267 e. The summed E-state index contributed by atoms with van der Waals surface area (Å²) in [7, 11) is 0. The number of thioether (sulfide) groups is 1. The van der Waals surface area contributed by atoms with E-state index < -0.39 is 0 Å². The van der Waals surface area contributed by atoms with Gasteiger partial charge in [0, 0.05) is 12.2 Å². The van der Waals surface area contributed by atoms with Crippen molar-refractivity contribution in [2.75, 3.05) is 5.75 Å². The normalized spacial score (nSPS) is 10.6. The van der Waals surface area contributed by atoms with Gasteiger partial charge in [-0.3, -0.25) is 9.36 Å². The second kappa shape index (κ2) is 6.12. The molecule has 104 valence electrons. The molecule has 2 aromatic heterocycles. The Balaban J connectivity index is 2.19. The highest BCUT2D eigenvalue weighted by Gasteiger charge is 2.13. The number of hydrogen-bond donors (Lipinski definition) is 0. The van der Waals surface area contributed by atoms with Crippen LogP contribution < -0.4 is 5.56 Å². The van der Waals surface area contributed by atoms with Gasteiger partial charge >= 0.3 is 0 Å². The van der Waals surface area contributed by atoms with Gasteiger partial charge in [-0.05, 0) is 23.6 Å². The van der Waals surface area contributed by atoms with Crippen molar-refractivity contribution in [1.29, 1.82) is 5.26 Å². The molecule has 0 saturated heterocycles. The van der Waals surface area contributed by atoms with Crippen LogP contribution in [0.2, 0.25) is 0 Å². The van der Waals surface area contributed by atoms with E-state index in [4.69, 9.17) is 5.26 Å². The Hall–Kier alpha value is -2.10. The first-order valence-corrected chi connectivity index (χ1v) is 8.23. The van der Waals surface area contributed by atoms with Gasteiger partial charge in [-0.25, -0.2) is 4.98 Å². The van der Waals surface area contributed by atoms with Crippen LogP contribution in [0.1, 0.15) is 6.42 Å². The van der Waals surface area contributed by atoms with E-state index in [1.807, 2.05) is 41.8 Å². The number of thiophene rings is 1. The van der Waals surface area contributed by atoms with E-state index in [-0.39, 0.29) is 5.56 Å². The molecule has 6 heteroatoms. The molecule has 0 amide bonds. The monoisotopic (exact) mass is 313 g/mol. The molecule has 3 rings (SSSR count). The lowest BCUT2D eigenvalue weighted by atomic mass is 10.3. The standard InChI is InChI=1S/C15H11N3OS2/c16-8-4-9-21-15-17-12-7-10-20-13(12)14(19)18(15)11-5-2-1-3-6-11/h1-3,5-7,10H,4,9H2. The van der Waals surface area contributed by atoms with Crippen LogP contribution in [0, 0.1) is 11.3 Å². The summed E-state index contributed by atoms with van der Waals surface area (Å²) < 4.78 is 2.28. The van der Waals surface area contributed by atoms with E-state index in [0.29, 0.717) is 22.0 Å². The average Bonchev–Trinajstić information content (AvgIpc) is 2.97. The fourth-order valence-corrected chi connectivity index (χ4v) is 3.60. The number of para-hydroxylation sites is 1. The number of hydrogen-bond acceptors (Lipinski definition) is 5. The lowest BCUT2D eigenvalue weighted by Gasteiger charge is -2.11. The van der Waals surface area contributed by atoms with Crippen LogP contribution in [0.5, 0.6) is 0 Å². The molecule has 0 N–H and O–H groups in total. The molecule has 21 heavy (non-hydrogen) atoms. The Labute approximate surface area is 129 Å². The molecule has 0 aliphatic heterocycles. The largest absolute Gasteiger partial charge is 0.276 e. The first kappa shape index (κ1) is 13.9. The van der Waals surface area contributed by atoms with Gasteiger partial charge in [0.25, 0.3) is 5.56 Å². The predicted molar refractivity (Wildman–Crippen MR) is 86.2 cm³/mol. The molecule has 0 saturated carbocycles. The summed E-state index contributed by atoms with van der Waals surface area (Å²) in [5, 5.41) is 11.2. The maximum Gasteiger partial charge on any atom is 0.276 e. The quantitative estimate of drug-likeness (QED) is 0.420. The third-order valence-electron chi connectivity index (χ3n) is 2.91. The topological polar surface area (TPSA) is 58.7 Å². The van der Waals surface area contributed by atoms with E-state index in [1.165, 1.54) is 23.1 Å². The number of nitrogens with zero attached hydrogens (tertiary/aromatic N) is 3. The molecule has 0 atom stereocenters. The van der Waals surface area contributed by atoms with Gasteiger partial charge in [0.2, 0.25) is 0 Å². The Morgan fingerprint density at radius 1 is 1.29 bits per heavy atom. The summed E-state index contributed by atoms with van der Waals surface area (Å²) in [4.78, 5) is 17.3. The van der Waals surface area contributed by atoms with Gasteiger partial charge in [0.1, 0.15) is 4.70 Å². The van der Waals surface area contributed by atoms with Gasteiger partial charge in [-0.15, -0.1) is 11.3 Å². The zero-order chi connectivity index (χ0) is 14.7. The van der Waals surface area contributed by atoms with Gasteiger partial charge < -0.3 is 0 Å². The van der Waals surface area contributed by atoms with Crippen molar-refractivity contribution in [2.45, 2.75) is 11.6 Å². The minimum absolute atomic E-state index is 0.0549. The average molecular weight is 313 g/mol. The second-order valence-corrected chi connectivity index (χ2v) is 6.24. The fourth-order valence-electron chi connectivity index (χ4n) is 1.98. The highest BCUT2D eigenvalue weighted by molar-refractivity contribution is 7.99. The summed E-state index contributed by atoms with van der Waals surface area (Å²) in [5.74, 6) is 0.616. The molecule has 0 aliphatic carbocycles. The van der Waals surface area contributed by atoms with Crippen molar-refractivity contribution in [3.8, 4) is 11.8 Å². The molecule has 0 spiro atoms. The van der Waals surface area contributed by atoms with Crippen molar-refractivity contribution in [1.82, 2.24) is 9.55 Å². The van der Waals surface area contributed by atoms with Crippen LogP contribution in [-0.2, 0) is 0 Å². The van der Waals surface area contributed by atoms with E-state index in [2.05, 4.69) is 11.1 Å². The highest BCUT2D eigenvalue weighted by atomic mass is 32.2. The maximum absolute atomic E-state index is 12.7. The van der Waals surface area contributed by atoms with Gasteiger partial charge in [0.15, 0.2) is 5.16 Å². The Bertz CT molecular complexity index is 862. The van der Waals surface area contributed by atoms with E-state index in [0.717, 1.165) is 11.2 Å². The fraction of sp³-hybridized carbons (Fsp3) is 0.133. The van der Waals surface area contributed by atoms with Gasteiger partial charge in [-0.1, -0.05) is 30.0 Å². The number of aromatic nitrogens is 2.